The molecule has 32 heavy (non-hydrogen) atoms. The van der Waals surface area contributed by atoms with Crippen LogP contribution in [0, 0.1) is 28.6 Å². The van der Waals surface area contributed by atoms with E-state index in [2.05, 4.69) is 61.5 Å². The maximum absolute atomic E-state index is 10.6. The molecule has 4 heteroatoms. The second-order valence-corrected chi connectivity index (χ2v) is 12.9. The van der Waals surface area contributed by atoms with Gasteiger partial charge in [0.15, 0.2) is 12.6 Å². The maximum atomic E-state index is 10.6. The SMILES string of the molecule is CCC(C)(C)CC(C1CC=C(C(O)OCC(O)OC(C)(C)C2CCCC2)CC1)C(C)(C)C. The predicted molar refractivity (Wildman–Crippen MR) is 132 cm³/mol. The number of rotatable bonds is 11. The molecule has 0 radical (unpaired) electrons. The van der Waals surface area contributed by atoms with Gasteiger partial charge >= 0.3 is 0 Å². The first-order valence-electron chi connectivity index (χ1n) is 13.1. The van der Waals surface area contributed by atoms with Gasteiger partial charge in [-0.3, -0.25) is 0 Å². The van der Waals surface area contributed by atoms with Crippen LogP contribution < -0.4 is 0 Å². The summed E-state index contributed by atoms with van der Waals surface area (Å²) in [4.78, 5) is 0. The highest BCUT2D eigenvalue weighted by Gasteiger charge is 2.37. The smallest absolute Gasteiger partial charge is 0.178 e. The molecule has 0 aliphatic heterocycles. The molecule has 0 amide bonds. The van der Waals surface area contributed by atoms with Crippen molar-refractivity contribution in [3.63, 3.8) is 0 Å². The lowest BCUT2D eigenvalue weighted by molar-refractivity contribution is -0.228. The van der Waals surface area contributed by atoms with Crippen LogP contribution in [0.4, 0.5) is 0 Å². The lowest BCUT2D eigenvalue weighted by Crippen LogP contribution is -2.39. The van der Waals surface area contributed by atoms with E-state index in [0.717, 1.165) is 37.7 Å². The average Bonchev–Trinajstić information content (AvgIpc) is 3.25. The topological polar surface area (TPSA) is 58.9 Å². The van der Waals surface area contributed by atoms with E-state index >= 15 is 0 Å². The molecule has 1 saturated carbocycles. The van der Waals surface area contributed by atoms with E-state index in [4.69, 9.17) is 9.47 Å². The highest BCUT2D eigenvalue weighted by molar-refractivity contribution is 5.10. The van der Waals surface area contributed by atoms with Crippen molar-refractivity contribution in [1.29, 1.82) is 0 Å². The molecule has 0 aromatic heterocycles. The Balaban J connectivity index is 1.87. The van der Waals surface area contributed by atoms with Gasteiger partial charge in [0.25, 0.3) is 0 Å². The lowest BCUT2D eigenvalue weighted by Gasteiger charge is -2.43. The van der Waals surface area contributed by atoms with Crippen LogP contribution in [-0.2, 0) is 9.47 Å². The first-order valence-corrected chi connectivity index (χ1v) is 13.1. The van der Waals surface area contributed by atoms with Crippen molar-refractivity contribution < 1.29 is 19.7 Å². The fourth-order valence-electron chi connectivity index (χ4n) is 5.77. The molecule has 0 aromatic carbocycles. The molecular formula is C28H52O4. The minimum Gasteiger partial charge on any atom is -0.366 e. The van der Waals surface area contributed by atoms with E-state index in [9.17, 15) is 10.2 Å². The van der Waals surface area contributed by atoms with Crippen LogP contribution in [0.15, 0.2) is 11.6 Å². The second-order valence-electron chi connectivity index (χ2n) is 12.9. The molecule has 0 bridgehead atoms. The minimum absolute atomic E-state index is 0.00656. The fraction of sp³-hybridized carbons (Fsp3) is 0.929. The Bertz CT molecular complexity index is 595. The van der Waals surface area contributed by atoms with Crippen molar-refractivity contribution in [2.75, 3.05) is 6.61 Å². The Labute approximate surface area is 198 Å². The number of aliphatic hydroxyl groups excluding tert-OH is 2. The lowest BCUT2D eigenvalue weighted by atomic mass is 9.63. The van der Waals surface area contributed by atoms with E-state index < -0.39 is 12.6 Å². The Morgan fingerprint density at radius 3 is 2.12 bits per heavy atom. The highest BCUT2D eigenvalue weighted by atomic mass is 16.7. The summed E-state index contributed by atoms with van der Waals surface area (Å²) in [5, 5.41) is 20.9. The first kappa shape index (κ1) is 27.8. The number of ether oxygens (including phenoxy) is 2. The summed E-state index contributed by atoms with van der Waals surface area (Å²) in [6.07, 6.45) is 10.4. The number of hydrogen-bond donors (Lipinski definition) is 2. The third-order valence-electron chi connectivity index (χ3n) is 8.39. The largest absolute Gasteiger partial charge is 0.366 e. The van der Waals surface area contributed by atoms with Crippen molar-refractivity contribution in [3.05, 3.63) is 11.6 Å². The van der Waals surface area contributed by atoms with E-state index in [0.29, 0.717) is 23.2 Å². The van der Waals surface area contributed by atoms with Gasteiger partial charge in [-0.05, 0) is 86.5 Å². The van der Waals surface area contributed by atoms with Gasteiger partial charge in [0, 0.05) is 0 Å². The number of aliphatic hydroxyl groups is 2. The van der Waals surface area contributed by atoms with Crippen molar-refractivity contribution in [2.24, 2.45) is 28.6 Å². The zero-order valence-corrected chi connectivity index (χ0v) is 22.2. The standard InChI is InChI=1S/C28H52O4/c1-9-27(5,6)18-23(26(2,3)4)20-14-16-21(17-15-20)25(30)31-19-24(29)32-28(7,8)22-12-10-11-13-22/h16,20,22-25,29-30H,9-15,17-19H2,1-8H3. The minimum atomic E-state index is -1.02. The Morgan fingerprint density at radius 2 is 1.62 bits per heavy atom. The molecule has 188 valence electrons. The molecule has 2 rings (SSSR count). The molecule has 0 saturated heterocycles. The molecular weight excluding hydrogens is 400 g/mol. The Kier molecular flexibility index (Phi) is 9.86. The zero-order chi connectivity index (χ0) is 24.2. The first-order chi connectivity index (χ1) is 14.7. The van der Waals surface area contributed by atoms with Gasteiger partial charge in [0.05, 0.1) is 5.60 Å². The molecule has 2 N–H and O–H groups in total. The molecule has 2 aliphatic rings. The molecule has 0 spiro atoms. The van der Waals surface area contributed by atoms with Crippen molar-refractivity contribution in [2.45, 2.75) is 131 Å². The van der Waals surface area contributed by atoms with E-state index in [1.54, 1.807) is 0 Å². The van der Waals surface area contributed by atoms with Gasteiger partial charge in [-0.2, -0.15) is 0 Å². The van der Waals surface area contributed by atoms with Gasteiger partial charge in [0.1, 0.15) is 6.61 Å². The third-order valence-corrected chi connectivity index (χ3v) is 8.39. The van der Waals surface area contributed by atoms with Crippen molar-refractivity contribution in [3.8, 4) is 0 Å². The van der Waals surface area contributed by atoms with E-state index in [1.165, 1.54) is 25.7 Å². The van der Waals surface area contributed by atoms with Crippen LogP contribution >= 0.6 is 0 Å². The van der Waals surface area contributed by atoms with Crippen LogP contribution in [0.5, 0.6) is 0 Å². The molecule has 4 nitrogen and oxygen atoms in total. The number of hydrogen-bond acceptors (Lipinski definition) is 4. The quantitative estimate of drug-likeness (QED) is 0.266. The molecule has 4 unspecified atom stereocenters. The summed E-state index contributed by atoms with van der Waals surface area (Å²) in [7, 11) is 0. The van der Waals surface area contributed by atoms with Gasteiger partial charge < -0.3 is 19.7 Å². The second kappa shape index (κ2) is 11.3. The van der Waals surface area contributed by atoms with Crippen LogP contribution in [0.2, 0.25) is 0 Å². The molecule has 4 atom stereocenters. The average molecular weight is 453 g/mol. The molecule has 2 aliphatic carbocycles. The van der Waals surface area contributed by atoms with Gasteiger partial charge in [-0.15, -0.1) is 0 Å². The molecule has 0 heterocycles. The maximum Gasteiger partial charge on any atom is 0.178 e. The molecule has 1 fully saturated rings. The van der Waals surface area contributed by atoms with Crippen LogP contribution in [0.1, 0.15) is 113 Å². The van der Waals surface area contributed by atoms with Crippen molar-refractivity contribution >= 4 is 0 Å². The van der Waals surface area contributed by atoms with Gasteiger partial charge in [-0.25, -0.2) is 0 Å². The zero-order valence-electron chi connectivity index (χ0n) is 22.2. The monoisotopic (exact) mass is 452 g/mol. The normalized spacial score (nSPS) is 24.3. The highest BCUT2D eigenvalue weighted by Crippen LogP contribution is 2.46. The summed E-state index contributed by atoms with van der Waals surface area (Å²) in [6.45, 7) is 18.3. The third kappa shape index (κ3) is 8.11. The van der Waals surface area contributed by atoms with Crippen LogP contribution in [0.25, 0.3) is 0 Å². The van der Waals surface area contributed by atoms with Crippen LogP contribution in [-0.4, -0.2) is 35.0 Å². The van der Waals surface area contributed by atoms with E-state index in [1.807, 2.05) is 0 Å². The van der Waals surface area contributed by atoms with Gasteiger partial charge in [0.2, 0.25) is 0 Å². The summed E-state index contributed by atoms with van der Waals surface area (Å²) in [5.41, 5.74) is 1.21. The Hall–Kier alpha value is -0.420. The molecule has 0 aromatic rings. The summed E-state index contributed by atoms with van der Waals surface area (Å²) >= 11 is 0. The van der Waals surface area contributed by atoms with Gasteiger partial charge in [-0.1, -0.05) is 66.9 Å². The van der Waals surface area contributed by atoms with Crippen LogP contribution in [0.3, 0.4) is 0 Å². The van der Waals surface area contributed by atoms with E-state index in [-0.39, 0.29) is 17.6 Å². The van der Waals surface area contributed by atoms with Crippen molar-refractivity contribution in [1.82, 2.24) is 0 Å². The fourth-order valence-corrected chi connectivity index (χ4v) is 5.77. The summed E-state index contributed by atoms with van der Waals surface area (Å²) in [6, 6.07) is 0. The summed E-state index contributed by atoms with van der Waals surface area (Å²) in [5.74, 6) is 1.77. The predicted octanol–water partition coefficient (Wildman–Crippen LogP) is 6.84. The Morgan fingerprint density at radius 1 is 1.00 bits per heavy atom. The summed E-state index contributed by atoms with van der Waals surface area (Å²) < 4.78 is 11.5. The number of allylic oxidation sites excluding steroid dienone is 1.